The number of halogens is 1. The Labute approximate surface area is 169 Å². The Hall–Kier alpha value is -0.630. The number of nitrogens with one attached hydrogen (secondary N) is 2. The quantitative estimate of drug-likeness (QED) is 0.365. The number of rotatable bonds is 7. The van der Waals surface area contributed by atoms with Crippen molar-refractivity contribution in [1.29, 1.82) is 0 Å². The van der Waals surface area contributed by atoms with Crippen LogP contribution in [-0.4, -0.2) is 44.1 Å². The second kappa shape index (κ2) is 11.1. The topological polar surface area (TPSA) is 39.7 Å². The van der Waals surface area contributed by atoms with Gasteiger partial charge in [0.15, 0.2) is 5.96 Å². The number of guanidine groups is 1. The Morgan fingerprint density at radius 2 is 1.92 bits per heavy atom. The molecule has 24 heavy (non-hydrogen) atoms. The molecule has 0 atom stereocenters. The molecule has 1 rings (SSSR count). The maximum Gasteiger partial charge on any atom is 0.191 e. The van der Waals surface area contributed by atoms with Crippen LogP contribution in [0.1, 0.15) is 31.9 Å². The maximum absolute atomic E-state index is 4.73. The van der Waals surface area contributed by atoms with Gasteiger partial charge in [-0.2, -0.15) is 11.8 Å². The molecule has 0 aliphatic carbocycles. The molecule has 6 heteroatoms. The summed E-state index contributed by atoms with van der Waals surface area (Å²) >= 11 is 1.86. The van der Waals surface area contributed by atoms with E-state index in [9.17, 15) is 0 Å². The smallest absolute Gasteiger partial charge is 0.191 e. The van der Waals surface area contributed by atoms with Crippen LogP contribution in [0.25, 0.3) is 0 Å². The Kier molecular flexibility index (Phi) is 10.8. The summed E-state index contributed by atoms with van der Waals surface area (Å²) in [5, 5.41) is 6.76. The zero-order chi connectivity index (χ0) is 17.5. The largest absolute Gasteiger partial charge is 0.378 e. The predicted molar refractivity (Wildman–Crippen MR) is 121 cm³/mol. The summed E-state index contributed by atoms with van der Waals surface area (Å²) in [5.74, 6) is 0.880. The summed E-state index contributed by atoms with van der Waals surface area (Å²) in [7, 11) is 4.13. The van der Waals surface area contributed by atoms with Gasteiger partial charge in [0.2, 0.25) is 0 Å². The van der Waals surface area contributed by atoms with E-state index in [1.807, 2.05) is 11.8 Å². The van der Waals surface area contributed by atoms with Gasteiger partial charge in [0, 0.05) is 37.6 Å². The molecule has 0 fully saturated rings. The molecule has 0 unspecified atom stereocenters. The second-order valence-corrected chi connectivity index (χ2v) is 8.03. The highest BCUT2D eigenvalue weighted by atomic mass is 127. The first-order valence-electron chi connectivity index (χ1n) is 8.13. The number of nitrogens with zero attached hydrogens (tertiary/aromatic N) is 2. The van der Waals surface area contributed by atoms with Crippen molar-refractivity contribution in [3.8, 4) is 0 Å². The van der Waals surface area contributed by atoms with Gasteiger partial charge in [0.05, 0.1) is 6.54 Å². The standard InChI is InChI=1S/C18H32N4S.HI/c1-8-19-17(21-13-18(3,4)23-7)20-12-15-9-10-16(22(5)6)11-14(15)2;/h9-11H,8,12-13H2,1-7H3,(H2,19,20,21);1H. The minimum absolute atomic E-state index is 0. The molecular formula is C18H33IN4S. The lowest BCUT2D eigenvalue weighted by atomic mass is 10.1. The summed E-state index contributed by atoms with van der Waals surface area (Å²) in [6, 6.07) is 6.53. The van der Waals surface area contributed by atoms with Crippen LogP contribution >= 0.6 is 35.7 Å². The SMILES string of the molecule is CCNC(=NCc1ccc(N(C)C)cc1C)NCC(C)(C)SC.I. The van der Waals surface area contributed by atoms with E-state index in [1.54, 1.807) is 0 Å². The fourth-order valence-corrected chi connectivity index (χ4v) is 2.23. The van der Waals surface area contributed by atoms with Gasteiger partial charge in [-0.05, 0) is 57.2 Å². The van der Waals surface area contributed by atoms with E-state index in [2.05, 4.69) is 81.8 Å². The lowest BCUT2D eigenvalue weighted by Crippen LogP contribution is -2.43. The predicted octanol–water partition coefficient (Wildman–Crippen LogP) is 3.88. The van der Waals surface area contributed by atoms with Gasteiger partial charge >= 0.3 is 0 Å². The van der Waals surface area contributed by atoms with Crippen molar-refractivity contribution in [2.75, 3.05) is 38.3 Å². The van der Waals surface area contributed by atoms with Crippen LogP contribution < -0.4 is 15.5 Å². The number of aliphatic imine (C=N–C) groups is 1. The van der Waals surface area contributed by atoms with E-state index >= 15 is 0 Å². The van der Waals surface area contributed by atoms with Crippen molar-refractivity contribution >= 4 is 47.4 Å². The molecule has 138 valence electrons. The molecule has 0 aromatic heterocycles. The molecule has 0 amide bonds. The number of benzene rings is 1. The zero-order valence-corrected chi connectivity index (χ0v) is 19.2. The highest BCUT2D eigenvalue weighted by Crippen LogP contribution is 2.20. The molecule has 0 aliphatic heterocycles. The highest BCUT2D eigenvalue weighted by Gasteiger charge is 2.16. The zero-order valence-electron chi connectivity index (χ0n) is 16.1. The second-order valence-electron chi connectivity index (χ2n) is 6.52. The Morgan fingerprint density at radius 1 is 1.25 bits per heavy atom. The van der Waals surface area contributed by atoms with Gasteiger partial charge in [0.1, 0.15) is 0 Å². The van der Waals surface area contributed by atoms with Crippen LogP contribution in [0.4, 0.5) is 5.69 Å². The van der Waals surface area contributed by atoms with Crippen molar-refractivity contribution < 1.29 is 0 Å². The Morgan fingerprint density at radius 3 is 2.42 bits per heavy atom. The van der Waals surface area contributed by atoms with Crippen LogP contribution in [0.2, 0.25) is 0 Å². The van der Waals surface area contributed by atoms with Crippen LogP contribution in [0.15, 0.2) is 23.2 Å². The van der Waals surface area contributed by atoms with E-state index in [0.29, 0.717) is 6.54 Å². The first-order valence-corrected chi connectivity index (χ1v) is 9.35. The van der Waals surface area contributed by atoms with Crippen molar-refractivity contribution in [1.82, 2.24) is 10.6 Å². The summed E-state index contributed by atoms with van der Waals surface area (Å²) in [6.45, 7) is 11.1. The molecule has 0 bridgehead atoms. The number of hydrogen-bond acceptors (Lipinski definition) is 3. The van der Waals surface area contributed by atoms with E-state index in [1.165, 1.54) is 16.8 Å². The third-order valence-corrected chi connectivity index (χ3v) is 5.08. The van der Waals surface area contributed by atoms with Gasteiger partial charge in [-0.15, -0.1) is 24.0 Å². The fraction of sp³-hybridized carbons (Fsp3) is 0.611. The van der Waals surface area contributed by atoms with Gasteiger partial charge in [-0.1, -0.05) is 6.07 Å². The molecule has 0 spiro atoms. The molecule has 2 N–H and O–H groups in total. The van der Waals surface area contributed by atoms with Crippen LogP contribution in [0.3, 0.4) is 0 Å². The lowest BCUT2D eigenvalue weighted by Gasteiger charge is -2.23. The summed E-state index contributed by atoms with van der Waals surface area (Å²) in [6.07, 6.45) is 2.14. The van der Waals surface area contributed by atoms with Crippen molar-refractivity contribution in [2.45, 2.75) is 39.0 Å². The molecule has 0 aliphatic rings. The Balaban J connectivity index is 0.00000529. The molecule has 1 aromatic rings. The first-order chi connectivity index (χ1) is 10.8. The monoisotopic (exact) mass is 464 g/mol. The van der Waals surface area contributed by atoms with Crippen molar-refractivity contribution in [2.24, 2.45) is 4.99 Å². The van der Waals surface area contributed by atoms with Gasteiger partial charge in [-0.3, -0.25) is 0 Å². The number of anilines is 1. The van der Waals surface area contributed by atoms with Crippen LogP contribution in [-0.2, 0) is 6.54 Å². The molecule has 0 heterocycles. The fourth-order valence-electron chi connectivity index (χ4n) is 2.01. The van der Waals surface area contributed by atoms with E-state index in [-0.39, 0.29) is 28.7 Å². The molecular weight excluding hydrogens is 431 g/mol. The molecule has 4 nitrogen and oxygen atoms in total. The van der Waals surface area contributed by atoms with Crippen molar-refractivity contribution in [3.05, 3.63) is 29.3 Å². The van der Waals surface area contributed by atoms with E-state index in [0.717, 1.165) is 19.0 Å². The first kappa shape index (κ1) is 23.4. The van der Waals surface area contributed by atoms with Gasteiger partial charge < -0.3 is 15.5 Å². The lowest BCUT2D eigenvalue weighted by molar-refractivity contribution is 0.665. The van der Waals surface area contributed by atoms with Gasteiger partial charge in [0.25, 0.3) is 0 Å². The maximum atomic E-state index is 4.73. The third kappa shape index (κ3) is 7.96. The summed E-state index contributed by atoms with van der Waals surface area (Å²) in [4.78, 5) is 6.85. The third-order valence-electron chi connectivity index (χ3n) is 3.83. The Bertz CT molecular complexity index is 530. The average molecular weight is 464 g/mol. The average Bonchev–Trinajstić information content (AvgIpc) is 2.51. The van der Waals surface area contributed by atoms with E-state index in [4.69, 9.17) is 4.99 Å². The molecule has 0 saturated carbocycles. The number of thioether (sulfide) groups is 1. The van der Waals surface area contributed by atoms with Crippen molar-refractivity contribution in [3.63, 3.8) is 0 Å². The molecule has 1 aromatic carbocycles. The summed E-state index contributed by atoms with van der Waals surface area (Å²) in [5.41, 5.74) is 3.76. The molecule has 0 radical (unpaired) electrons. The normalized spacial score (nSPS) is 11.7. The van der Waals surface area contributed by atoms with Gasteiger partial charge in [-0.25, -0.2) is 4.99 Å². The van der Waals surface area contributed by atoms with Crippen LogP contribution in [0, 0.1) is 6.92 Å². The minimum atomic E-state index is 0. The summed E-state index contributed by atoms with van der Waals surface area (Å²) < 4.78 is 0.194. The molecule has 0 saturated heterocycles. The number of hydrogen-bond donors (Lipinski definition) is 2. The number of aryl methyl sites for hydroxylation is 1. The minimum Gasteiger partial charge on any atom is -0.378 e. The van der Waals surface area contributed by atoms with Crippen LogP contribution in [0.5, 0.6) is 0 Å². The van der Waals surface area contributed by atoms with E-state index < -0.39 is 0 Å². The highest BCUT2D eigenvalue weighted by molar-refractivity contribution is 14.0.